The van der Waals surface area contributed by atoms with E-state index in [9.17, 15) is 4.79 Å². The van der Waals surface area contributed by atoms with Gasteiger partial charge in [-0.2, -0.15) is 0 Å². The van der Waals surface area contributed by atoms with Crippen molar-refractivity contribution in [3.63, 3.8) is 0 Å². The van der Waals surface area contributed by atoms with Gasteiger partial charge in [0.25, 0.3) is 0 Å². The minimum Gasteiger partial charge on any atom is -0.305 e. The number of H-pyrrole nitrogens is 1. The second-order valence-corrected chi connectivity index (χ2v) is 4.59. The molecule has 0 atom stereocenters. The van der Waals surface area contributed by atoms with Crippen LogP contribution in [0.5, 0.6) is 0 Å². The molecule has 1 heterocycles. The molecule has 0 radical (unpaired) electrons. The summed E-state index contributed by atoms with van der Waals surface area (Å²) in [6.07, 6.45) is 2.58. The molecule has 0 spiro atoms. The molecule has 0 saturated heterocycles. The molecule has 1 aromatic heterocycles. The Morgan fingerprint density at radius 1 is 1.29 bits per heavy atom. The van der Waals surface area contributed by atoms with Crippen molar-refractivity contribution in [2.45, 2.75) is 20.3 Å². The van der Waals surface area contributed by atoms with Crippen molar-refractivity contribution in [2.24, 2.45) is 5.92 Å². The molecule has 3 heteroatoms. The van der Waals surface area contributed by atoms with Crippen LogP contribution in [0, 0.1) is 5.92 Å². The zero-order valence-corrected chi connectivity index (χ0v) is 10.1. The van der Waals surface area contributed by atoms with Crippen molar-refractivity contribution >= 4 is 0 Å². The highest BCUT2D eigenvalue weighted by Gasteiger charge is 2.02. The van der Waals surface area contributed by atoms with Crippen molar-refractivity contribution in [3.8, 4) is 11.3 Å². The molecule has 2 rings (SSSR count). The Balaban J connectivity index is 2.36. The third-order valence-corrected chi connectivity index (χ3v) is 2.56. The van der Waals surface area contributed by atoms with Crippen LogP contribution >= 0.6 is 0 Å². The van der Waals surface area contributed by atoms with E-state index in [1.165, 1.54) is 11.8 Å². The molecule has 88 valence electrons. The van der Waals surface area contributed by atoms with Crippen molar-refractivity contribution in [3.05, 3.63) is 52.6 Å². The molecule has 1 N–H and O–H groups in total. The van der Waals surface area contributed by atoms with Gasteiger partial charge in [-0.3, -0.25) is 0 Å². The normalized spacial score (nSPS) is 10.8. The number of aromatic amines is 1. The van der Waals surface area contributed by atoms with Crippen molar-refractivity contribution in [1.29, 1.82) is 0 Å². The number of benzene rings is 1. The van der Waals surface area contributed by atoms with Gasteiger partial charge in [0, 0.05) is 6.20 Å². The van der Waals surface area contributed by atoms with E-state index in [2.05, 4.69) is 35.9 Å². The summed E-state index contributed by atoms with van der Waals surface area (Å²) in [5.41, 5.74) is 2.82. The molecule has 3 nitrogen and oxygen atoms in total. The molecule has 1 aromatic carbocycles. The highest BCUT2D eigenvalue weighted by molar-refractivity contribution is 5.59. The number of aromatic nitrogens is 2. The minimum absolute atomic E-state index is 0.309. The van der Waals surface area contributed by atoms with Gasteiger partial charge in [0.05, 0.1) is 5.69 Å². The van der Waals surface area contributed by atoms with Gasteiger partial charge in [0.15, 0.2) is 0 Å². The molecular weight excluding hydrogens is 212 g/mol. The number of rotatable bonds is 3. The summed E-state index contributed by atoms with van der Waals surface area (Å²) in [7, 11) is 0. The molecule has 2 aromatic rings. The molecular formula is C14H16N2O. The van der Waals surface area contributed by atoms with E-state index in [1.54, 1.807) is 0 Å². The van der Waals surface area contributed by atoms with Gasteiger partial charge in [-0.25, -0.2) is 9.78 Å². The predicted octanol–water partition coefficient (Wildman–Crippen LogP) is 2.64. The Labute approximate surface area is 101 Å². The first kappa shape index (κ1) is 11.6. The summed E-state index contributed by atoms with van der Waals surface area (Å²) < 4.78 is 0. The summed E-state index contributed by atoms with van der Waals surface area (Å²) >= 11 is 0. The van der Waals surface area contributed by atoms with Gasteiger partial charge >= 0.3 is 5.69 Å². The van der Waals surface area contributed by atoms with Gasteiger partial charge in [0.2, 0.25) is 0 Å². The maximum absolute atomic E-state index is 11.2. The number of hydrogen-bond donors (Lipinski definition) is 1. The number of nitrogens with one attached hydrogen (secondary N) is 1. The molecule has 17 heavy (non-hydrogen) atoms. The molecule has 0 saturated carbocycles. The van der Waals surface area contributed by atoms with Crippen LogP contribution in [0.1, 0.15) is 19.4 Å². The van der Waals surface area contributed by atoms with Crippen molar-refractivity contribution in [2.75, 3.05) is 0 Å². The lowest BCUT2D eigenvalue weighted by molar-refractivity contribution is 0.647. The summed E-state index contributed by atoms with van der Waals surface area (Å²) in [6.45, 7) is 4.39. The average molecular weight is 228 g/mol. The second kappa shape index (κ2) is 4.95. The van der Waals surface area contributed by atoms with Crippen LogP contribution in [-0.4, -0.2) is 9.97 Å². The molecule has 0 bridgehead atoms. The maximum Gasteiger partial charge on any atom is 0.345 e. The van der Waals surface area contributed by atoms with Crippen LogP contribution in [0.15, 0.2) is 41.3 Å². The van der Waals surface area contributed by atoms with E-state index in [-0.39, 0.29) is 5.69 Å². The highest BCUT2D eigenvalue weighted by Crippen LogP contribution is 2.18. The highest BCUT2D eigenvalue weighted by atomic mass is 16.1. The van der Waals surface area contributed by atoms with E-state index < -0.39 is 0 Å². The number of nitrogens with zero attached hydrogens (tertiary/aromatic N) is 1. The molecule has 0 aliphatic rings. The average Bonchev–Trinajstić information content (AvgIpc) is 2.28. The van der Waals surface area contributed by atoms with Gasteiger partial charge in [-0.05, 0) is 35.6 Å². The van der Waals surface area contributed by atoms with Crippen LogP contribution in [0.3, 0.4) is 0 Å². The first-order valence-corrected chi connectivity index (χ1v) is 5.80. The third-order valence-electron chi connectivity index (χ3n) is 2.56. The van der Waals surface area contributed by atoms with Crippen molar-refractivity contribution < 1.29 is 0 Å². The Kier molecular flexibility index (Phi) is 3.38. The monoisotopic (exact) mass is 228 g/mol. The fourth-order valence-electron chi connectivity index (χ4n) is 1.87. The van der Waals surface area contributed by atoms with E-state index in [1.807, 2.05) is 18.2 Å². The third kappa shape index (κ3) is 3.03. The summed E-state index contributed by atoms with van der Waals surface area (Å²) in [4.78, 5) is 17.5. The Morgan fingerprint density at radius 3 is 2.82 bits per heavy atom. The topological polar surface area (TPSA) is 45.8 Å². The summed E-state index contributed by atoms with van der Waals surface area (Å²) in [5, 5.41) is 0. The molecule has 0 amide bonds. The second-order valence-electron chi connectivity index (χ2n) is 4.59. The van der Waals surface area contributed by atoms with Crippen LogP contribution in [0.25, 0.3) is 11.3 Å². The number of hydrogen-bond acceptors (Lipinski definition) is 2. The van der Waals surface area contributed by atoms with E-state index in [0.29, 0.717) is 5.92 Å². The van der Waals surface area contributed by atoms with Crippen LogP contribution < -0.4 is 5.69 Å². The van der Waals surface area contributed by atoms with Gasteiger partial charge < -0.3 is 4.98 Å². The minimum atomic E-state index is -0.309. The van der Waals surface area contributed by atoms with E-state index >= 15 is 0 Å². The smallest absolute Gasteiger partial charge is 0.305 e. The Bertz CT molecular complexity index is 558. The fraction of sp³-hybridized carbons (Fsp3) is 0.286. The molecule has 0 aliphatic carbocycles. The van der Waals surface area contributed by atoms with Crippen LogP contribution in [-0.2, 0) is 6.42 Å². The SMILES string of the molecule is CC(C)Cc1cccc(-c2ccnc(=O)[nH]2)c1. The largest absolute Gasteiger partial charge is 0.345 e. The molecule has 0 aliphatic heterocycles. The quantitative estimate of drug-likeness (QED) is 0.877. The maximum atomic E-state index is 11.2. The lowest BCUT2D eigenvalue weighted by Crippen LogP contribution is -2.09. The lowest BCUT2D eigenvalue weighted by atomic mass is 10.00. The van der Waals surface area contributed by atoms with Gasteiger partial charge in [-0.15, -0.1) is 0 Å². The van der Waals surface area contributed by atoms with Crippen LogP contribution in [0.2, 0.25) is 0 Å². The van der Waals surface area contributed by atoms with E-state index in [4.69, 9.17) is 0 Å². The van der Waals surface area contributed by atoms with Gasteiger partial charge in [0.1, 0.15) is 0 Å². The van der Waals surface area contributed by atoms with Gasteiger partial charge in [-0.1, -0.05) is 32.0 Å². The first-order chi connectivity index (χ1) is 8.15. The first-order valence-electron chi connectivity index (χ1n) is 5.80. The summed E-state index contributed by atoms with van der Waals surface area (Å²) in [6, 6.07) is 10.1. The van der Waals surface area contributed by atoms with E-state index in [0.717, 1.165) is 17.7 Å². The summed E-state index contributed by atoms with van der Waals surface area (Å²) in [5.74, 6) is 0.627. The zero-order valence-electron chi connectivity index (χ0n) is 10.1. The lowest BCUT2D eigenvalue weighted by Gasteiger charge is -2.07. The predicted molar refractivity (Wildman–Crippen MR) is 68.8 cm³/mol. The van der Waals surface area contributed by atoms with Crippen molar-refractivity contribution in [1.82, 2.24) is 9.97 Å². The Morgan fingerprint density at radius 2 is 2.12 bits per heavy atom. The molecule has 0 unspecified atom stereocenters. The zero-order chi connectivity index (χ0) is 12.3. The standard InChI is InChI=1S/C14H16N2O/c1-10(2)8-11-4-3-5-12(9-11)13-6-7-15-14(17)16-13/h3-7,9-10H,8H2,1-2H3,(H,15,16,17). The molecule has 0 fully saturated rings. The fourth-order valence-corrected chi connectivity index (χ4v) is 1.87. The Hall–Kier alpha value is -1.90. The van der Waals surface area contributed by atoms with Crippen LogP contribution in [0.4, 0.5) is 0 Å².